The first-order valence-electron chi connectivity index (χ1n) is 6.39. The fourth-order valence-electron chi connectivity index (χ4n) is 2.06. The molecule has 0 saturated carbocycles. The number of methoxy groups -OCH3 is 2. The van der Waals surface area contributed by atoms with Crippen LogP contribution in [-0.2, 0) is 11.2 Å². The van der Waals surface area contributed by atoms with Crippen molar-refractivity contribution in [3.63, 3.8) is 0 Å². The molecule has 6 nitrogen and oxygen atoms in total. The van der Waals surface area contributed by atoms with Gasteiger partial charge in [-0.25, -0.2) is 4.79 Å². The number of carbonyl (C=O) groups is 1. The van der Waals surface area contributed by atoms with Gasteiger partial charge in [0.25, 0.3) is 5.56 Å². The van der Waals surface area contributed by atoms with E-state index in [-0.39, 0.29) is 17.7 Å². The Labute approximate surface area is 125 Å². The van der Waals surface area contributed by atoms with Crippen molar-refractivity contribution in [2.75, 3.05) is 20.0 Å². The van der Waals surface area contributed by atoms with Gasteiger partial charge in [-0.15, -0.1) is 0 Å². The van der Waals surface area contributed by atoms with Crippen molar-refractivity contribution in [1.82, 2.24) is 4.98 Å². The van der Waals surface area contributed by atoms with Crippen LogP contribution in [0.2, 0.25) is 0 Å². The van der Waals surface area contributed by atoms with Crippen LogP contribution in [0.4, 0.5) is 10.1 Å². The van der Waals surface area contributed by atoms with E-state index < -0.39 is 23.0 Å². The van der Waals surface area contributed by atoms with Gasteiger partial charge in [-0.05, 0) is 17.7 Å². The summed E-state index contributed by atoms with van der Waals surface area (Å²) in [5.41, 5.74) is 4.86. The van der Waals surface area contributed by atoms with E-state index in [1.165, 1.54) is 0 Å². The summed E-state index contributed by atoms with van der Waals surface area (Å²) < 4.78 is 23.3. The third-order valence-corrected chi connectivity index (χ3v) is 3.20. The number of H-pyrrole nitrogens is 1. The van der Waals surface area contributed by atoms with Crippen molar-refractivity contribution in [3.05, 3.63) is 57.3 Å². The Morgan fingerprint density at radius 3 is 2.45 bits per heavy atom. The molecule has 22 heavy (non-hydrogen) atoms. The van der Waals surface area contributed by atoms with Crippen LogP contribution in [0.25, 0.3) is 0 Å². The molecule has 2 aromatic rings. The second-order valence-electron chi connectivity index (χ2n) is 4.55. The molecule has 3 N–H and O–H groups in total. The lowest BCUT2D eigenvalue weighted by Gasteiger charge is -2.11. The molecule has 1 heterocycles. The van der Waals surface area contributed by atoms with Gasteiger partial charge in [-0.2, -0.15) is 4.39 Å². The zero-order chi connectivity index (χ0) is 16.3. The Hall–Kier alpha value is -2.83. The highest BCUT2D eigenvalue weighted by Crippen LogP contribution is 2.21. The van der Waals surface area contributed by atoms with Gasteiger partial charge in [0.05, 0.1) is 19.9 Å². The Morgan fingerprint density at radius 2 is 1.91 bits per heavy atom. The lowest BCUT2D eigenvalue weighted by Crippen LogP contribution is -2.22. The van der Waals surface area contributed by atoms with Crippen molar-refractivity contribution >= 4 is 11.7 Å². The minimum absolute atomic E-state index is 0.171. The lowest BCUT2D eigenvalue weighted by molar-refractivity contribution is 0.0599. The van der Waals surface area contributed by atoms with E-state index >= 15 is 0 Å². The van der Waals surface area contributed by atoms with Crippen LogP contribution in [0.3, 0.4) is 0 Å². The highest BCUT2D eigenvalue weighted by Gasteiger charge is 2.22. The fourth-order valence-corrected chi connectivity index (χ4v) is 2.06. The lowest BCUT2D eigenvalue weighted by atomic mass is 10.0. The van der Waals surface area contributed by atoms with Crippen LogP contribution in [0.1, 0.15) is 21.6 Å². The molecule has 0 aliphatic rings. The number of aromatic amines is 1. The first-order chi connectivity index (χ1) is 10.5. The zero-order valence-electron chi connectivity index (χ0n) is 12.1. The van der Waals surface area contributed by atoms with Crippen LogP contribution >= 0.6 is 0 Å². The van der Waals surface area contributed by atoms with Gasteiger partial charge in [0.2, 0.25) is 5.82 Å². The molecule has 0 amide bonds. The van der Waals surface area contributed by atoms with Crippen molar-refractivity contribution in [2.24, 2.45) is 0 Å². The van der Waals surface area contributed by atoms with Crippen LogP contribution in [-0.4, -0.2) is 25.2 Å². The predicted octanol–water partition coefficient (Wildman–Crippen LogP) is 1.48. The molecule has 116 valence electrons. The van der Waals surface area contributed by atoms with Gasteiger partial charge >= 0.3 is 5.97 Å². The molecule has 0 aliphatic heterocycles. The van der Waals surface area contributed by atoms with E-state index in [0.717, 1.165) is 12.7 Å². The molecule has 2 rings (SSSR count). The molecular formula is C15H15FN2O4. The maximum atomic E-state index is 13.6. The van der Waals surface area contributed by atoms with Gasteiger partial charge in [0, 0.05) is 12.1 Å². The number of rotatable bonds is 4. The molecule has 1 aromatic carbocycles. The van der Waals surface area contributed by atoms with E-state index in [1.807, 2.05) is 0 Å². The van der Waals surface area contributed by atoms with Crippen molar-refractivity contribution in [3.8, 4) is 5.75 Å². The summed E-state index contributed by atoms with van der Waals surface area (Å²) in [6.07, 6.45) is 0.189. The molecule has 0 saturated heterocycles. The van der Waals surface area contributed by atoms with E-state index in [0.29, 0.717) is 5.75 Å². The summed E-state index contributed by atoms with van der Waals surface area (Å²) in [6.45, 7) is 0. The van der Waals surface area contributed by atoms with E-state index in [4.69, 9.17) is 10.5 Å². The summed E-state index contributed by atoms with van der Waals surface area (Å²) in [5, 5.41) is 0. The number of nitrogens with one attached hydrogen (secondary N) is 1. The highest BCUT2D eigenvalue weighted by atomic mass is 19.1. The van der Waals surface area contributed by atoms with Gasteiger partial charge in [0.1, 0.15) is 11.3 Å². The molecule has 0 spiro atoms. The molecule has 0 aliphatic carbocycles. The monoisotopic (exact) mass is 306 g/mol. The second kappa shape index (κ2) is 6.30. The maximum absolute atomic E-state index is 13.6. The van der Waals surface area contributed by atoms with Crippen molar-refractivity contribution in [2.45, 2.75) is 6.42 Å². The first kappa shape index (κ1) is 15.6. The predicted molar refractivity (Wildman–Crippen MR) is 78.6 cm³/mol. The minimum atomic E-state index is -1.20. The van der Waals surface area contributed by atoms with E-state index in [2.05, 4.69) is 9.72 Å². The number of esters is 1. The number of ether oxygens (including phenoxy) is 2. The third kappa shape index (κ3) is 2.93. The maximum Gasteiger partial charge on any atom is 0.341 e. The normalized spacial score (nSPS) is 10.3. The van der Waals surface area contributed by atoms with Crippen LogP contribution in [0.15, 0.2) is 29.1 Å². The minimum Gasteiger partial charge on any atom is -0.497 e. The van der Waals surface area contributed by atoms with Crippen molar-refractivity contribution < 1.29 is 18.7 Å². The number of anilines is 1. The first-order valence-corrected chi connectivity index (χ1v) is 6.39. The summed E-state index contributed by atoms with van der Waals surface area (Å²) in [5.74, 6) is -1.33. The quantitative estimate of drug-likeness (QED) is 0.834. The number of benzene rings is 1. The zero-order valence-corrected chi connectivity index (χ0v) is 12.1. The van der Waals surface area contributed by atoms with E-state index in [9.17, 15) is 14.0 Å². The smallest absolute Gasteiger partial charge is 0.341 e. The van der Waals surface area contributed by atoms with Gasteiger partial charge in [-0.1, -0.05) is 12.1 Å². The second-order valence-corrected chi connectivity index (χ2v) is 4.55. The van der Waals surface area contributed by atoms with Crippen LogP contribution < -0.4 is 16.0 Å². The molecule has 0 bridgehead atoms. The number of halogens is 1. The SMILES string of the molecule is COC(=O)c1c(Cc2ccc(OC)cc2)[nH]c(=O)c(F)c1N. The molecular weight excluding hydrogens is 291 g/mol. The Balaban J connectivity index is 2.49. The number of hydrogen-bond acceptors (Lipinski definition) is 5. The molecule has 0 radical (unpaired) electrons. The van der Waals surface area contributed by atoms with Gasteiger partial charge in [0.15, 0.2) is 0 Å². The highest BCUT2D eigenvalue weighted by molar-refractivity contribution is 5.96. The largest absolute Gasteiger partial charge is 0.497 e. The summed E-state index contributed by atoms with van der Waals surface area (Å²) in [4.78, 5) is 25.7. The Kier molecular flexibility index (Phi) is 4.45. The number of nitrogens with two attached hydrogens (primary N) is 1. The summed E-state index contributed by atoms with van der Waals surface area (Å²) >= 11 is 0. The molecule has 1 aromatic heterocycles. The molecule has 7 heteroatoms. The molecule has 0 unspecified atom stereocenters. The summed E-state index contributed by atoms with van der Waals surface area (Å²) in [6, 6.07) is 6.99. The van der Waals surface area contributed by atoms with E-state index in [1.54, 1.807) is 31.4 Å². The average Bonchev–Trinajstić information content (AvgIpc) is 2.53. The van der Waals surface area contributed by atoms with Gasteiger partial charge in [-0.3, -0.25) is 4.79 Å². The van der Waals surface area contributed by atoms with Gasteiger partial charge < -0.3 is 20.2 Å². The van der Waals surface area contributed by atoms with Crippen LogP contribution in [0.5, 0.6) is 5.75 Å². The number of hydrogen-bond donors (Lipinski definition) is 2. The average molecular weight is 306 g/mol. The fraction of sp³-hybridized carbons (Fsp3) is 0.200. The topological polar surface area (TPSA) is 94.4 Å². The van der Waals surface area contributed by atoms with Crippen molar-refractivity contribution in [1.29, 1.82) is 0 Å². The standard InChI is InChI=1S/C15H15FN2O4/c1-21-9-5-3-8(4-6-9)7-10-11(15(20)22-2)13(17)12(16)14(19)18-10/h3-6H,7H2,1-2H3,(H3,17,18,19). The number of pyridine rings is 1. The summed E-state index contributed by atoms with van der Waals surface area (Å²) in [7, 11) is 2.70. The Bertz CT molecular complexity index is 753. The molecule has 0 atom stereocenters. The third-order valence-electron chi connectivity index (χ3n) is 3.20. The van der Waals surface area contributed by atoms with Crippen LogP contribution in [0, 0.1) is 5.82 Å². The number of carbonyl (C=O) groups excluding carboxylic acids is 1. The molecule has 0 fully saturated rings. The number of aromatic nitrogens is 1. The Morgan fingerprint density at radius 1 is 1.27 bits per heavy atom. The number of nitrogen functional groups attached to an aromatic ring is 1.